The molecule has 1 aliphatic heterocycles. The van der Waals surface area contributed by atoms with Gasteiger partial charge in [-0.3, -0.25) is 4.79 Å². The molecule has 2 heterocycles. The zero-order valence-corrected chi connectivity index (χ0v) is 18.1. The van der Waals surface area contributed by atoms with Gasteiger partial charge >= 0.3 is 0 Å². The average molecular weight is 418 g/mol. The van der Waals surface area contributed by atoms with Crippen LogP contribution in [0, 0.1) is 12.8 Å². The molecule has 30 heavy (non-hydrogen) atoms. The monoisotopic (exact) mass is 417 g/mol. The van der Waals surface area contributed by atoms with E-state index in [-0.39, 0.29) is 17.7 Å². The van der Waals surface area contributed by atoms with Crippen molar-refractivity contribution in [1.29, 1.82) is 0 Å². The summed E-state index contributed by atoms with van der Waals surface area (Å²) in [5.41, 5.74) is 5.62. The molecule has 0 spiro atoms. The van der Waals surface area contributed by atoms with Crippen molar-refractivity contribution in [1.82, 2.24) is 4.98 Å². The van der Waals surface area contributed by atoms with Gasteiger partial charge in [0.25, 0.3) is 0 Å². The van der Waals surface area contributed by atoms with Crippen molar-refractivity contribution >= 4 is 34.7 Å². The molecule has 5 heteroatoms. The number of pyridine rings is 1. The number of carbonyl (C=O) groups excluding carboxylic acids is 1. The fourth-order valence-corrected chi connectivity index (χ4v) is 4.13. The molecule has 4 rings (SSSR count). The molecule has 4 nitrogen and oxygen atoms in total. The van der Waals surface area contributed by atoms with Crippen molar-refractivity contribution in [2.75, 3.05) is 5.32 Å². The van der Waals surface area contributed by atoms with Gasteiger partial charge in [-0.25, -0.2) is 9.98 Å². The standard InChI is InChI=1S/C25H24ClN3O/c1-15(2)23(17-7-5-4-6-8-17)25(30)28-19-9-10-21(26)20(13-19)22-12-18-11-16(3)14-27-24(18)29-22/h4-11,13-15,23H,12H2,1-3H3,(H,28,30). The third kappa shape index (κ3) is 4.14. The molecule has 0 saturated carbocycles. The summed E-state index contributed by atoms with van der Waals surface area (Å²) in [7, 11) is 0. The van der Waals surface area contributed by atoms with Gasteiger partial charge in [-0.05, 0) is 42.2 Å². The predicted octanol–water partition coefficient (Wildman–Crippen LogP) is 6.10. The van der Waals surface area contributed by atoms with Gasteiger partial charge in [-0.15, -0.1) is 0 Å². The van der Waals surface area contributed by atoms with Crippen LogP contribution >= 0.6 is 11.6 Å². The number of carbonyl (C=O) groups is 1. The number of benzene rings is 2. The van der Waals surface area contributed by atoms with Crippen LogP contribution in [-0.2, 0) is 11.2 Å². The molecule has 0 radical (unpaired) electrons. The smallest absolute Gasteiger partial charge is 0.232 e. The molecule has 2 aromatic carbocycles. The number of anilines is 1. The molecule has 1 aromatic heterocycles. The van der Waals surface area contributed by atoms with Crippen LogP contribution in [0.3, 0.4) is 0 Å². The molecular weight excluding hydrogens is 394 g/mol. The summed E-state index contributed by atoms with van der Waals surface area (Å²) >= 11 is 6.48. The van der Waals surface area contributed by atoms with Gasteiger partial charge in [0.15, 0.2) is 5.82 Å². The van der Waals surface area contributed by atoms with Crippen LogP contribution in [0.2, 0.25) is 5.02 Å². The van der Waals surface area contributed by atoms with Crippen molar-refractivity contribution in [2.24, 2.45) is 10.9 Å². The quantitative estimate of drug-likeness (QED) is 0.545. The largest absolute Gasteiger partial charge is 0.326 e. The summed E-state index contributed by atoms with van der Waals surface area (Å²) in [6, 6.07) is 17.5. The molecular formula is C25H24ClN3O. The number of aliphatic imine (C=N–C) groups is 1. The van der Waals surface area contributed by atoms with E-state index in [9.17, 15) is 4.79 Å². The summed E-state index contributed by atoms with van der Waals surface area (Å²) in [6.07, 6.45) is 2.50. The lowest BCUT2D eigenvalue weighted by Gasteiger charge is -2.21. The number of aryl methyl sites for hydroxylation is 1. The zero-order valence-electron chi connectivity index (χ0n) is 17.3. The van der Waals surface area contributed by atoms with Gasteiger partial charge < -0.3 is 5.32 Å². The molecule has 3 aromatic rings. The van der Waals surface area contributed by atoms with E-state index in [4.69, 9.17) is 11.6 Å². The molecule has 152 valence electrons. The van der Waals surface area contributed by atoms with Crippen molar-refractivity contribution in [3.05, 3.63) is 88.1 Å². The van der Waals surface area contributed by atoms with Crippen LogP contribution in [0.1, 0.15) is 42.0 Å². The summed E-state index contributed by atoms with van der Waals surface area (Å²) in [6.45, 7) is 6.14. The number of nitrogens with one attached hydrogen (secondary N) is 1. The van der Waals surface area contributed by atoms with Crippen molar-refractivity contribution < 1.29 is 4.79 Å². The van der Waals surface area contributed by atoms with E-state index < -0.39 is 0 Å². The second kappa shape index (κ2) is 8.41. The number of halogens is 1. The third-order valence-corrected chi connectivity index (χ3v) is 5.66. The Labute approximate surface area is 182 Å². The number of nitrogens with zero attached hydrogens (tertiary/aromatic N) is 2. The van der Waals surface area contributed by atoms with Crippen molar-refractivity contribution in [2.45, 2.75) is 33.1 Å². The first-order chi connectivity index (χ1) is 14.4. The Morgan fingerprint density at radius 2 is 1.87 bits per heavy atom. The SMILES string of the molecule is Cc1cnc2c(c1)CC(c1cc(NC(=O)C(c3ccccc3)C(C)C)ccc1Cl)=N2. The maximum atomic E-state index is 13.1. The topological polar surface area (TPSA) is 54.4 Å². The Kier molecular flexibility index (Phi) is 5.69. The molecule has 1 atom stereocenters. The highest BCUT2D eigenvalue weighted by atomic mass is 35.5. The van der Waals surface area contributed by atoms with E-state index in [2.05, 4.69) is 35.2 Å². The van der Waals surface area contributed by atoms with E-state index in [0.29, 0.717) is 17.1 Å². The van der Waals surface area contributed by atoms with Gasteiger partial charge in [0.1, 0.15) is 0 Å². The molecule has 1 unspecified atom stereocenters. The van der Waals surface area contributed by atoms with Crippen LogP contribution in [0.25, 0.3) is 0 Å². The van der Waals surface area contributed by atoms with E-state index in [1.54, 1.807) is 0 Å². The van der Waals surface area contributed by atoms with Crippen LogP contribution < -0.4 is 5.32 Å². The van der Waals surface area contributed by atoms with Gasteiger partial charge in [0.05, 0.1) is 11.6 Å². The van der Waals surface area contributed by atoms with Crippen molar-refractivity contribution in [3.63, 3.8) is 0 Å². The molecule has 1 aliphatic rings. The fraction of sp³-hybridized carbons (Fsp3) is 0.240. The van der Waals surface area contributed by atoms with Gasteiger partial charge in [-0.2, -0.15) is 0 Å². The third-order valence-electron chi connectivity index (χ3n) is 5.33. The van der Waals surface area contributed by atoms with E-state index >= 15 is 0 Å². The Morgan fingerprint density at radius 3 is 2.60 bits per heavy atom. The Hall–Kier alpha value is -2.98. The Balaban J connectivity index is 1.59. The number of aromatic nitrogens is 1. The molecule has 1 amide bonds. The first-order valence-electron chi connectivity index (χ1n) is 10.1. The van der Waals surface area contributed by atoms with Gasteiger partial charge in [0, 0.05) is 34.5 Å². The Morgan fingerprint density at radius 1 is 1.10 bits per heavy atom. The minimum atomic E-state index is -0.231. The highest BCUT2D eigenvalue weighted by Crippen LogP contribution is 2.32. The van der Waals surface area contributed by atoms with Crippen molar-refractivity contribution in [3.8, 4) is 0 Å². The fourth-order valence-electron chi connectivity index (χ4n) is 3.90. The maximum Gasteiger partial charge on any atom is 0.232 e. The lowest BCUT2D eigenvalue weighted by molar-refractivity contribution is -0.118. The number of hydrogen-bond acceptors (Lipinski definition) is 3. The number of fused-ring (bicyclic) bond motifs is 1. The molecule has 0 fully saturated rings. The van der Waals surface area contributed by atoms with Crippen LogP contribution in [-0.4, -0.2) is 16.6 Å². The van der Waals surface area contributed by atoms with E-state index in [0.717, 1.165) is 33.8 Å². The molecule has 0 saturated heterocycles. The minimum absolute atomic E-state index is 0.0292. The maximum absolute atomic E-state index is 13.1. The number of rotatable bonds is 5. The average Bonchev–Trinajstić information content (AvgIpc) is 3.13. The van der Waals surface area contributed by atoms with Crippen LogP contribution in [0.4, 0.5) is 11.5 Å². The highest BCUT2D eigenvalue weighted by molar-refractivity contribution is 6.34. The van der Waals surface area contributed by atoms with E-state index in [1.807, 2.05) is 61.7 Å². The van der Waals surface area contributed by atoms with E-state index in [1.165, 1.54) is 0 Å². The minimum Gasteiger partial charge on any atom is -0.326 e. The first-order valence-corrected chi connectivity index (χ1v) is 10.5. The number of hydrogen-bond donors (Lipinski definition) is 1. The second-order valence-corrected chi connectivity index (χ2v) is 8.45. The lowest BCUT2D eigenvalue weighted by atomic mass is 9.87. The zero-order chi connectivity index (χ0) is 21.3. The Bertz CT molecular complexity index is 1120. The lowest BCUT2D eigenvalue weighted by Crippen LogP contribution is -2.25. The second-order valence-electron chi connectivity index (χ2n) is 8.05. The van der Waals surface area contributed by atoms with Crippen LogP contribution in [0.15, 0.2) is 65.8 Å². The molecule has 0 bridgehead atoms. The first kappa shape index (κ1) is 20.3. The molecule has 0 aliphatic carbocycles. The highest BCUT2D eigenvalue weighted by Gasteiger charge is 2.25. The number of amides is 1. The van der Waals surface area contributed by atoms with Crippen LogP contribution in [0.5, 0.6) is 0 Å². The summed E-state index contributed by atoms with van der Waals surface area (Å²) in [5, 5.41) is 3.69. The van der Waals surface area contributed by atoms with Gasteiger partial charge in [-0.1, -0.05) is 61.8 Å². The van der Waals surface area contributed by atoms with Gasteiger partial charge in [0.2, 0.25) is 5.91 Å². The summed E-state index contributed by atoms with van der Waals surface area (Å²) in [5.74, 6) is 0.649. The summed E-state index contributed by atoms with van der Waals surface area (Å²) in [4.78, 5) is 22.2. The predicted molar refractivity (Wildman–Crippen MR) is 123 cm³/mol. The summed E-state index contributed by atoms with van der Waals surface area (Å²) < 4.78 is 0. The normalized spacial score (nSPS) is 13.7. The molecule has 1 N–H and O–H groups in total.